The Kier molecular flexibility index (Phi) is 5.01. The average Bonchev–Trinajstić information content (AvgIpc) is 2.48. The molecule has 5 heteroatoms. The topological polar surface area (TPSA) is 51.2 Å². The van der Waals surface area contributed by atoms with Gasteiger partial charge in [0.15, 0.2) is 0 Å². The highest BCUT2D eigenvalue weighted by Crippen LogP contribution is 2.26. The van der Waals surface area contributed by atoms with E-state index in [1.54, 1.807) is 13.3 Å². The van der Waals surface area contributed by atoms with E-state index in [0.717, 1.165) is 5.03 Å². The number of nitrogens with one attached hydrogen (secondary N) is 1. The lowest BCUT2D eigenvalue weighted by molar-refractivity contribution is -0.115. The molecule has 1 amide bonds. The summed E-state index contributed by atoms with van der Waals surface area (Å²) < 4.78 is 5.21. The fourth-order valence-corrected chi connectivity index (χ4v) is 2.44. The number of hydrogen-bond donors (Lipinski definition) is 1. The van der Waals surface area contributed by atoms with Gasteiger partial charge in [-0.1, -0.05) is 30.0 Å². The molecule has 1 N–H and O–H groups in total. The Labute approximate surface area is 122 Å². The molecule has 1 heterocycles. The highest BCUT2D eigenvalue weighted by atomic mass is 32.2. The van der Waals surface area contributed by atoms with Crippen LogP contribution in [-0.2, 0) is 4.79 Å². The Morgan fingerprint density at radius 3 is 2.70 bits per heavy atom. The van der Waals surface area contributed by atoms with E-state index in [1.807, 2.05) is 49.4 Å². The minimum atomic E-state index is -0.241. The number of pyridine rings is 1. The monoisotopic (exact) mass is 288 g/mol. The van der Waals surface area contributed by atoms with Crippen molar-refractivity contribution in [2.75, 3.05) is 12.4 Å². The molecule has 1 atom stereocenters. The number of anilines is 1. The molecule has 1 aromatic heterocycles. The quantitative estimate of drug-likeness (QED) is 0.858. The fraction of sp³-hybridized carbons (Fsp3) is 0.200. The number of carbonyl (C=O) groups is 1. The maximum Gasteiger partial charge on any atom is 0.237 e. The van der Waals surface area contributed by atoms with Crippen molar-refractivity contribution in [2.45, 2.75) is 17.2 Å². The van der Waals surface area contributed by atoms with E-state index in [1.165, 1.54) is 11.8 Å². The van der Waals surface area contributed by atoms with Crippen LogP contribution in [0.15, 0.2) is 53.7 Å². The number of para-hydroxylation sites is 2. The van der Waals surface area contributed by atoms with Crippen LogP contribution < -0.4 is 10.1 Å². The van der Waals surface area contributed by atoms with Gasteiger partial charge < -0.3 is 10.1 Å². The van der Waals surface area contributed by atoms with Crippen molar-refractivity contribution >= 4 is 23.4 Å². The third kappa shape index (κ3) is 3.74. The number of hydrogen-bond acceptors (Lipinski definition) is 4. The summed E-state index contributed by atoms with van der Waals surface area (Å²) in [6, 6.07) is 13.0. The number of aromatic nitrogens is 1. The lowest BCUT2D eigenvalue weighted by Gasteiger charge is -2.13. The summed E-state index contributed by atoms with van der Waals surface area (Å²) in [6.07, 6.45) is 1.72. The van der Waals surface area contributed by atoms with Crippen molar-refractivity contribution in [3.8, 4) is 5.75 Å². The van der Waals surface area contributed by atoms with Crippen molar-refractivity contribution in [2.24, 2.45) is 0 Å². The molecule has 1 unspecified atom stereocenters. The van der Waals surface area contributed by atoms with E-state index >= 15 is 0 Å². The first-order chi connectivity index (χ1) is 9.70. The number of amides is 1. The standard InChI is InChI=1S/C15H16N2O2S/c1-11(20-14-9-5-6-10-16-14)15(18)17-12-7-3-4-8-13(12)19-2/h3-11H,1-2H3,(H,17,18). The highest BCUT2D eigenvalue weighted by molar-refractivity contribution is 8.00. The predicted molar refractivity (Wildman–Crippen MR) is 81.2 cm³/mol. The first-order valence-corrected chi connectivity index (χ1v) is 7.10. The summed E-state index contributed by atoms with van der Waals surface area (Å²) >= 11 is 1.42. The molecule has 2 aromatic rings. The summed E-state index contributed by atoms with van der Waals surface area (Å²) in [5.74, 6) is 0.570. The minimum Gasteiger partial charge on any atom is -0.495 e. The van der Waals surface area contributed by atoms with E-state index in [4.69, 9.17) is 4.74 Å². The third-order valence-electron chi connectivity index (χ3n) is 2.67. The molecule has 0 aliphatic carbocycles. The van der Waals surface area contributed by atoms with Gasteiger partial charge in [-0.2, -0.15) is 0 Å². The molecule has 0 fully saturated rings. The summed E-state index contributed by atoms with van der Waals surface area (Å²) in [6.45, 7) is 1.85. The van der Waals surface area contributed by atoms with Crippen LogP contribution in [-0.4, -0.2) is 23.3 Å². The van der Waals surface area contributed by atoms with Crippen molar-refractivity contribution in [3.63, 3.8) is 0 Å². The van der Waals surface area contributed by atoms with Gasteiger partial charge in [-0.25, -0.2) is 4.98 Å². The van der Waals surface area contributed by atoms with Crippen molar-refractivity contribution in [1.29, 1.82) is 0 Å². The number of rotatable bonds is 5. The summed E-state index contributed by atoms with van der Waals surface area (Å²) in [7, 11) is 1.58. The molecular formula is C15H16N2O2S. The van der Waals surface area contributed by atoms with E-state index in [-0.39, 0.29) is 11.2 Å². The van der Waals surface area contributed by atoms with Crippen LogP contribution >= 0.6 is 11.8 Å². The molecule has 0 saturated heterocycles. The number of ether oxygens (including phenoxy) is 1. The van der Waals surface area contributed by atoms with Crippen LogP contribution in [0.2, 0.25) is 0 Å². The molecule has 0 aliphatic heterocycles. The first kappa shape index (κ1) is 14.4. The van der Waals surface area contributed by atoms with Crippen LogP contribution in [0.25, 0.3) is 0 Å². The smallest absolute Gasteiger partial charge is 0.237 e. The molecule has 0 bridgehead atoms. The van der Waals surface area contributed by atoms with Gasteiger partial charge in [0.05, 0.1) is 23.1 Å². The normalized spacial score (nSPS) is 11.7. The van der Waals surface area contributed by atoms with Crippen molar-refractivity contribution in [3.05, 3.63) is 48.7 Å². The SMILES string of the molecule is COc1ccccc1NC(=O)C(C)Sc1ccccn1. The summed E-state index contributed by atoms with van der Waals surface area (Å²) in [4.78, 5) is 16.4. The van der Waals surface area contributed by atoms with E-state index < -0.39 is 0 Å². The van der Waals surface area contributed by atoms with E-state index in [2.05, 4.69) is 10.3 Å². The second-order valence-corrected chi connectivity index (χ2v) is 5.48. The number of thioether (sulfide) groups is 1. The first-order valence-electron chi connectivity index (χ1n) is 6.22. The average molecular weight is 288 g/mol. The zero-order valence-electron chi connectivity index (χ0n) is 11.4. The molecule has 4 nitrogen and oxygen atoms in total. The van der Waals surface area contributed by atoms with Crippen molar-refractivity contribution < 1.29 is 9.53 Å². The van der Waals surface area contributed by atoms with Gasteiger partial charge in [0.2, 0.25) is 5.91 Å². The molecule has 0 radical (unpaired) electrons. The maximum atomic E-state index is 12.2. The van der Waals surface area contributed by atoms with Gasteiger partial charge in [-0.15, -0.1) is 0 Å². The largest absolute Gasteiger partial charge is 0.495 e. The summed E-state index contributed by atoms with van der Waals surface area (Å²) in [5.41, 5.74) is 0.675. The van der Waals surface area contributed by atoms with E-state index in [9.17, 15) is 4.79 Å². The Balaban J connectivity index is 2.01. The molecule has 2 rings (SSSR count). The van der Waals surface area contributed by atoms with Crippen molar-refractivity contribution in [1.82, 2.24) is 4.98 Å². The van der Waals surface area contributed by atoms with E-state index in [0.29, 0.717) is 11.4 Å². The zero-order valence-corrected chi connectivity index (χ0v) is 12.2. The Bertz CT molecular complexity index is 575. The van der Waals surface area contributed by atoms with Gasteiger partial charge in [-0.3, -0.25) is 4.79 Å². The van der Waals surface area contributed by atoms with Crippen LogP contribution in [0.5, 0.6) is 5.75 Å². The second kappa shape index (κ2) is 6.96. The molecule has 1 aromatic carbocycles. The van der Waals surface area contributed by atoms with Gasteiger partial charge in [0.1, 0.15) is 5.75 Å². The van der Waals surface area contributed by atoms with Crippen LogP contribution in [0.3, 0.4) is 0 Å². The Morgan fingerprint density at radius 2 is 2.00 bits per heavy atom. The minimum absolute atomic E-state index is 0.0786. The molecule has 0 spiro atoms. The lowest BCUT2D eigenvalue weighted by atomic mass is 10.3. The predicted octanol–water partition coefficient (Wildman–Crippen LogP) is 3.21. The number of carbonyl (C=O) groups excluding carboxylic acids is 1. The zero-order chi connectivity index (χ0) is 14.4. The maximum absolute atomic E-state index is 12.2. The van der Waals surface area contributed by atoms with Gasteiger partial charge >= 0.3 is 0 Å². The lowest BCUT2D eigenvalue weighted by Crippen LogP contribution is -2.22. The van der Waals surface area contributed by atoms with Gasteiger partial charge in [0.25, 0.3) is 0 Å². The fourth-order valence-electron chi connectivity index (χ4n) is 1.63. The number of methoxy groups -OCH3 is 1. The second-order valence-electron chi connectivity index (χ2n) is 4.12. The van der Waals surface area contributed by atoms with Gasteiger partial charge in [-0.05, 0) is 31.2 Å². The third-order valence-corrected chi connectivity index (χ3v) is 3.72. The number of benzene rings is 1. The molecule has 104 valence electrons. The molecule has 0 aliphatic rings. The Hall–Kier alpha value is -2.01. The van der Waals surface area contributed by atoms with Gasteiger partial charge in [0, 0.05) is 6.20 Å². The van der Waals surface area contributed by atoms with Crippen LogP contribution in [0, 0.1) is 0 Å². The van der Waals surface area contributed by atoms with Crippen LogP contribution in [0.4, 0.5) is 5.69 Å². The number of nitrogens with zero attached hydrogens (tertiary/aromatic N) is 1. The molecular weight excluding hydrogens is 272 g/mol. The summed E-state index contributed by atoms with van der Waals surface area (Å²) in [5, 5.41) is 3.46. The molecule has 20 heavy (non-hydrogen) atoms. The highest BCUT2D eigenvalue weighted by Gasteiger charge is 2.16. The Morgan fingerprint density at radius 1 is 1.25 bits per heavy atom. The molecule has 0 saturated carbocycles. The van der Waals surface area contributed by atoms with Crippen LogP contribution in [0.1, 0.15) is 6.92 Å².